The first kappa shape index (κ1) is 7.01. The van der Waals surface area contributed by atoms with Crippen LogP contribution in [0.5, 0.6) is 0 Å². The van der Waals surface area contributed by atoms with E-state index < -0.39 is 0 Å². The van der Waals surface area contributed by atoms with Crippen LogP contribution in [-0.4, -0.2) is 13.0 Å². The smallest absolute Gasteiger partial charge is 0.209 e. The first-order valence-electron chi connectivity index (χ1n) is 2.23. The molecule has 0 aliphatic rings. The van der Waals surface area contributed by atoms with E-state index in [1.807, 2.05) is 0 Å². The largest absolute Gasteiger partial charge is 0.481 e. The van der Waals surface area contributed by atoms with Crippen LogP contribution in [0, 0.1) is 5.41 Å². The van der Waals surface area contributed by atoms with Crippen LogP contribution < -0.4 is 5.73 Å². The Bertz CT molecular complexity index is 118. The van der Waals surface area contributed by atoms with Gasteiger partial charge < -0.3 is 10.5 Å². The summed E-state index contributed by atoms with van der Waals surface area (Å²) in [6.07, 6.45) is 1.34. The van der Waals surface area contributed by atoms with Crippen molar-refractivity contribution >= 4 is 5.90 Å². The maximum Gasteiger partial charge on any atom is 0.209 e. The highest BCUT2D eigenvalue weighted by molar-refractivity contribution is 5.89. The van der Waals surface area contributed by atoms with Crippen molar-refractivity contribution in [3.8, 4) is 0 Å². The molecule has 0 radical (unpaired) electrons. The fourth-order valence-corrected chi connectivity index (χ4v) is 0.237. The second-order valence-electron chi connectivity index (χ2n) is 1.38. The van der Waals surface area contributed by atoms with E-state index in [0.29, 0.717) is 5.57 Å². The van der Waals surface area contributed by atoms with Gasteiger partial charge in [-0.3, -0.25) is 5.41 Å². The molecule has 0 aliphatic carbocycles. The molecule has 3 N–H and O–H groups in total. The van der Waals surface area contributed by atoms with Crippen LogP contribution in [0.2, 0.25) is 0 Å². The number of hydrogen-bond donors (Lipinski definition) is 2. The summed E-state index contributed by atoms with van der Waals surface area (Å²) in [5, 5.41) is 6.97. The van der Waals surface area contributed by atoms with Crippen LogP contribution in [0.15, 0.2) is 11.8 Å². The summed E-state index contributed by atoms with van der Waals surface area (Å²) in [5.41, 5.74) is 5.71. The van der Waals surface area contributed by atoms with Gasteiger partial charge in [0.25, 0.3) is 0 Å². The van der Waals surface area contributed by atoms with E-state index in [4.69, 9.17) is 11.1 Å². The highest BCUT2D eigenvalue weighted by Gasteiger charge is 1.93. The Hall–Kier alpha value is -0.990. The molecule has 0 atom stereocenters. The summed E-state index contributed by atoms with van der Waals surface area (Å²) in [4.78, 5) is 0. The van der Waals surface area contributed by atoms with Gasteiger partial charge in [0.1, 0.15) is 0 Å². The normalized spacial score (nSPS) is 11.0. The standard InChI is InChI=1S/C5H10N2O/c1-4(3-6)5(7)8-2/h3,7H,6H2,1-2H3/b4-3-,7-5?. The molecule has 0 fully saturated rings. The number of hydrogen-bond acceptors (Lipinski definition) is 3. The molecule has 0 amide bonds. The number of ether oxygens (including phenoxy) is 1. The molecule has 3 nitrogen and oxygen atoms in total. The van der Waals surface area contributed by atoms with Gasteiger partial charge in [-0.1, -0.05) is 0 Å². The maximum absolute atomic E-state index is 6.97. The summed E-state index contributed by atoms with van der Waals surface area (Å²) in [6, 6.07) is 0. The van der Waals surface area contributed by atoms with Crippen LogP contribution in [0.25, 0.3) is 0 Å². The van der Waals surface area contributed by atoms with Gasteiger partial charge in [-0.2, -0.15) is 0 Å². The molecule has 0 aromatic heterocycles. The number of nitrogens with one attached hydrogen (secondary N) is 1. The molecular formula is C5H10N2O. The van der Waals surface area contributed by atoms with Crippen LogP contribution >= 0.6 is 0 Å². The maximum atomic E-state index is 6.97. The van der Waals surface area contributed by atoms with Crippen molar-refractivity contribution in [2.24, 2.45) is 5.73 Å². The average molecular weight is 114 g/mol. The summed E-state index contributed by atoms with van der Waals surface area (Å²) in [6.45, 7) is 1.71. The third-order valence-electron chi connectivity index (χ3n) is 0.812. The van der Waals surface area contributed by atoms with Gasteiger partial charge >= 0.3 is 0 Å². The average Bonchev–Trinajstić information content (AvgIpc) is 1.84. The van der Waals surface area contributed by atoms with Gasteiger partial charge in [-0.25, -0.2) is 0 Å². The molecule has 0 unspecified atom stereocenters. The van der Waals surface area contributed by atoms with Gasteiger partial charge in [-0.15, -0.1) is 0 Å². The van der Waals surface area contributed by atoms with Gasteiger partial charge in [0.15, 0.2) is 0 Å². The predicted octanol–water partition coefficient (Wildman–Crippen LogP) is 0.473. The lowest BCUT2D eigenvalue weighted by molar-refractivity contribution is 0.399. The fraction of sp³-hybridized carbons (Fsp3) is 0.400. The SMILES string of the molecule is COC(=N)/C(C)=C\N. The van der Waals surface area contributed by atoms with Gasteiger partial charge in [0, 0.05) is 11.8 Å². The molecule has 3 heteroatoms. The van der Waals surface area contributed by atoms with Crippen LogP contribution in [0.3, 0.4) is 0 Å². The first-order valence-corrected chi connectivity index (χ1v) is 2.23. The van der Waals surface area contributed by atoms with E-state index in [1.54, 1.807) is 6.92 Å². The van der Waals surface area contributed by atoms with Crippen molar-refractivity contribution in [1.29, 1.82) is 5.41 Å². The minimum Gasteiger partial charge on any atom is -0.481 e. The molecule has 0 aromatic rings. The van der Waals surface area contributed by atoms with E-state index >= 15 is 0 Å². The summed E-state index contributed by atoms with van der Waals surface area (Å²) in [5.74, 6) is 0.118. The molecule has 8 heavy (non-hydrogen) atoms. The molecule has 0 spiro atoms. The van der Waals surface area contributed by atoms with Crippen molar-refractivity contribution in [2.45, 2.75) is 6.92 Å². The third kappa shape index (κ3) is 1.64. The molecule has 0 rings (SSSR count). The number of methoxy groups -OCH3 is 1. The summed E-state index contributed by atoms with van der Waals surface area (Å²) >= 11 is 0. The Morgan fingerprint density at radius 1 is 1.75 bits per heavy atom. The van der Waals surface area contributed by atoms with Crippen molar-refractivity contribution in [1.82, 2.24) is 0 Å². The Balaban J connectivity index is 3.83. The van der Waals surface area contributed by atoms with Gasteiger partial charge in [0.2, 0.25) is 5.90 Å². The van der Waals surface area contributed by atoms with E-state index in [1.165, 1.54) is 13.3 Å². The minimum absolute atomic E-state index is 0.118. The van der Waals surface area contributed by atoms with Crippen LogP contribution in [-0.2, 0) is 4.74 Å². The second-order valence-corrected chi connectivity index (χ2v) is 1.38. The zero-order valence-corrected chi connectivity index (χ0v) is 5.06. The molecule has 0 aliphatic heterocycles. The lowest BCUT2D eigenvalue weighted by Crippen LogP contribution is -2.01. The molecule has 0 saturated heterocycles. The first-order chi connectivity index (χ1) is 3.72. The van der Waals surface area contributed by atoms with Crippen molar-refractivity contribution in [3.05, 3.63) is 11.8 Å². The predicted molar refractivity (Wildman–Crippen MR) is 32.7 cm³/mol. The quantitative estimate of drug-likeness (QED) is 0.384. The Morgan fingerprint density at radius 3 is 2.38 bits per heavy atom. The lowest BCUT2D eigenvalue weighted by atomic mass is 10.3. The Morgan fingerprint density at radius 2 is 2.25 bits per heavy atom. The molecule has 0 bridgehead atoms. The van der Waals surface area contributed by atoms with Gasteiger partial charge in [-0.05, 0) is 6.92 Å². The van der Waals surface area contributed by atoms with Crippen molar-refractivity contribution < 1.29 is 4.74 Å². The monoisotopic (exact) mass is 114 g/mol. The minimum atomic E-state index is 0.118. The van der Waals surface area contributed by atoms with E-state index in [0.717, 1.165) is 0 Å². The zero-order valence-electron chi connectivity index (χ0n) is 5.06. The van der Waals surface area contributed by atoms with E-state index in [-0.39, 0.29) is 5.90 Å². The fourth-order valence-electron chi connectivity index (χ4n) is 0.237. The second kappa shape index (κ2) is 3.07. The lowest BCUT2D eigenvalue weighted by Gasteiger charge is -1.97. The van der Waals surface area contributed by atoms with Crippen molar-refractivity contribution in [2.75, 3.05) is 7.11 Å². The molecule has 46 valence electrons. The topological polar surface area (TPSA) is 59.1 Å². The Kier molecular flexibility index (Phi) is 2.69. The zero-order chi connectivity index (χ0) is 6.57. The highest BCUT2D eigenvalue weighted by atomic mass is 16.5. The summed E-state index contributed by atoms with van der Waals surface area (Å²) in [7, 11) is 1.44. The summed E-state index contributed by atoms with van der Waals surface area (Å²) < 4.78 is 4.54. The highest BCUT2D eigenvalue weighted by Crippen LogP contribution is 1.90. The van der Waals surface area contributed by atoms with E-state index in [9.17, 15) is 0 Å². The third-order valence-corrected chi connectivity index (χ3v) is 0.812. The van der Waals surface area contributed by atoms with Crippen molar-refractivity contribution in [3.63, 3.8) is 0 Å². The van der Waals surface area contributed by atoms with E-state index in [2.05, 4.69) is 4.74 Å². The van der Waals surface area contributed by atoms with Crippen LogP contribution in [0.4, 0.5) is 0 Å². The Labute approximate surface area is 48.6 Å². The number of nitrogens with two attached hydrogens (primary N) is 1. The molecule has 0 aromatic carbocycles. The number of rotatable bonds is 1. The molecule has 0 saturated carbocycles. The molecule has 0 heterocycles. The van der Waals surface area contributed by atoms with Crippen LogP contribution in [0.1, 0.15) is 6.92 Å². The molecular weight excluding hydrogens is 104 g/mol. The van der Waals surface area contributed by atoms with Gasteiger partial charge in [0.05, 0.1) is 7.11 Å².